The van der Waals surface area contributed by atoms with Crippen molar-refractivity contribution in [2.24, 2.45) is 0 Å². The van der Waals surface area contributed by atoms with Crippen LogP contribution in [0.4, 0.5) is 0 Å². The van der Waals surface area contributed by atoms with Gasteiger partial charge in [-0.05, 0) is 12.5 Å². The van der Waals surface area contributed by atoms with Gasteiger partial charge in [0.05, 0.1) is 6.04 Å². The van der Waals surface area contributed by atoms with Crippen LogP contribution < -0.4 is 5.32 Å². The highest BCUT2D eigenvalue weighted by atomic mass is 35.5. The molecule has 0 bridgehead atoms. The number of benzene rings is 1. The van der Waals surface area contributed by atoms with Crippen LogP contribution in [0.15, 0.2) is 24.3 Å². The molecule has 3 heteroatoms. The van der Waals surface area contributed by atoms with Crippen molar-refractivity contribution in [1.82, 2.24) is 5.32 Å². The van der Waals surface area contributed by atoms with Crippen molar-refractivity contribution in [3.05, 3.63) is 35.4 Å². The number of rotatable bonds is 1. The molecule has 1 aromatic rings. The van der Waals surface area contributed by atoms with Crippen LogP contribution in [-0.2, 0) is 4.79 Å². The lowest BCUT2D eigenvalue weighted by molar-refractivity contribution is -0.118. The van der Waals surface area contributed by atoms with E-state index in [1.165, 1.54) is 5.56 Å². The summed E-state index contributed by atoms with van der Waals surface area (Å²) in [6.45, 7) is 2.86. The molecule has 0 amide bonds. The molecule has 2 nitrogen and oxygen atoms in total. The van der Waals surface area contributed by atoms with Gasteiger partial charge in [0.25, 0.3) is 0 Å². The Morgan fingerprint density at radius 3 is 2.79 bits per heavy atom. The third kappa shape index (κ3) is 2.14. The van der Waals surface area contributed by atoms with Gasteiger partial charge in [0.2, 0.25) is 0 Å². The Bertz CT molecular complexity index is 338. The maximum Gasteiger partial charge on any atom is 0.155 e. The number of carbonyl (C=O) groups is 1. The van der Waals surface area contributed by atoms with Crippen molar-refractivity contribution < 1.29 is 4.79 Å². The van der Waals surface area contributed by atoms with Crippen LogP contribution >= 0.6 is 12.4 Å². The summed E-state index contributed by atoms with van der Waals surface area (Å²) in [6.07, 6.45) is 0.665. The topological polar surface area (TPSA) is 29.1 Å². The molecule has 1 fully saturated rings. The van der Waals surface area contributed by atoms with Crippen molar-refractivity contribution in [3.63, 3.8) is 0 Å². The Labute approximate surface area is 90.1 Å². The van der Waals surface area contributed by atoms with Gasteiger partial charge in [-0.15, -0.1) is 12.4 Å². The third-order valence-electron chi connectivity index (χ3n) is 2.42. The molecular formula is C11H14ClNO. The molecule has 2 rings (SSSR count). The summed E-state index contributed by atoms with van der Waals surface area (Å²) in [5.74, 6) is 0.311. The Morgan fingerprint density at radius 1 is 1.43 bits per heavy atom. The predicted molar refractivity (Wildman–Crippen MR) is 58.8 cm³/mol. The normalized spacial score (nSPS) is 20.6. The van der Waals surface area contributed by atoms with E-state index in [9.17, 15) is 4.79 Å². The van der Waals surface area contributed by atoms with Gasteiger partial charge in [-0.3, -0.25) is 4.79 Å². The molecule has 14 heavy (non-hydrogen) atoms. The highest BCUT2D eigenvalue weighted by molar-refractivity contribution is 5.87. The summed E-state index contributed by atoms with van der Waals surface area (Å²) >= 11 is 0. The second-order valence-electron chi connectivity index (χ2n) is 3.52. The lowest BCUT2D eigenvalue weighted by atomic mass is 10.0. The van der Waals surface area contributed by atoms with Crippen molar-refractivity contribution in [1.29, 1.82) is 0 Å². The van der Waals surface area contributed by atoms with E-state index in [4.69, 9.17) is 0 Å². The quantitative estimate of drug-likeness (QED) is 0.770. The molecule has 1 atom stereocenters. The second kappa shape index (κ2) is 4.58. The van der Waals surface area contributed by atoms with E-state index in [2.05, 4.69) is 11.4 Å². The summed E-state index contributed by atoms with van der Waals surface area (Å²) in [5.41, 5.74) is 2.31. The van der Waals surface area contributed by atoms with Gasteiger partial charge in [-0.1, -0.05) is 29.8 Å². The van der Waals surface area contributed by atoms with Crippen molar-refractivity contribution in [3.8, 4) is 0 Å². The molecule has 1 aliphatic rings. The maximum atomic E-state index is 11.4. The molecule has 0 saturated carbocycles. The Morgan fingerprint density at radius 2 is 2.21 bits per heavy atom. The molecule has 0 radical (unpaired) electrons. The van der Waals surface area contributed by atoms with E-state index in [1.54, 1.807) is 0 Å². The van der Waals surface area contributed by atoms with Gasteiger partial charge in [0.1, 0.15) is 0 Å². The van der Waals surface area contributed by atoms with E-state index in [-0.39, 0.29) is 18.4 Å². The standard InChI is InChI=1S/C11H13NO.ClH/c1-8-3-2-4-9(7-8)11-10(13)5-6-12-11;/h2-4,7,11-12H,5-6H2,1H3;1H. The zero-order valence-corrected chi connectivity index (χ0v) is 8.93. The molecule has 1 saturated heterocycles. The number of carbonyl (C=O) groups excluding carboxylic acids is 1. The van der Waals surface area contributed by atoms with Crippen molar-refractivity contribution >= 4 is 18.2 Å². The molecule has 1 N–H and O–H groups in total. The summed E-state index contributed by atoms with van der Waals surface area (Å²) < 4.78 is 0. The minimum Gasteiger partial charge on any atom is -0.303 e. The fraction of sp³-hybridized carbons (Fsp3) is 0.364. The van der Waals surface area contributed by atoms with Gasteiger partial charge in [0.15, 0.2) is 5.78 Å². The number of Topliss-reactive ketones (excluding diaryl/α,β-unsaturated/α-hetero) is 1. The third-order valence-corrected chi connectivity index (χ3v) is 2.42. The van der Waals surface area contributed by atoms with E-state index < -0.39 is 0 Å². The molecule has 0 spiro atoms. The molecule has 1 aromatic carbocycles. The molecule has 76 valence electrons. The fourth-order valence-electron chi connectivity index (χ4n) is 1.75. The number of hydrogen-bond acceptors (Lipinski definition) is 2. The highest BCUT2D eigenvalue weighted by Crippen LogP contribution is 2.20. The van der Waals surface area contributed by atoms with Gasteiger partial charge >= 0.3 is 0 Å². The van der Waals surface area contributed by atoms with Crippen LogP contribution in [0.2, 0.25) is 0 Å². The monoisotopic (exact) mass is 211 g/mol. The molecule has 0 aromatic heterocycles. The second-order valence-corrected chi connectivity index (χ2v) is 3.52. The van der Waals surface area contributed by atoms with Crippen LogP contribution in [0, 0.1) is 6.92 Å². The predicted octanol–water partition coefficient (Wildman–Crippen LogP) is 2.02. The fourth-order valence-corrected chi connectivity index (χ4v) is 1.75. The number of ketones is 1. The van der Waals surface area contributed by atoms with Crippen molar-refractivity contribution in [2.75, 3.05) is 6.54 Å². The van der Waals surface area contributed by atoms with E-state index in [1.807, 2.05) is 25.1 Å². The number of halogens is 1. The number of aryl methyl sites for hydroxylation is 1. The Balaban J connectivity index is 0.000000980. The first-order valence-corrected chi connectivity index (χ1v) is 4.60. The van der Waals surface area contributed by atoms with E-state index >= 15 is 0 Å². The van der Waals surface area contributed by atoms with Crippen LogP contribution in [0.5, 0.6) is 0 Å². The summed E-state index contributed by atoms with van der Waals surface area (Å²) in [4.78, 5) is 11.4. The highest BCUT2D eigenvalue weighted by Gasteiger charge is 2.24. The average molecular weight is 212 g/mol. The first-order valence-electron chi connectivity index (χ1n) is 4.60. The first-order chi connectivity index (χ1) is 6.27. The summed E-state index contributed by atoms with van der Waals surface area (Å²) in [6, 6.07) is 8.07. The molecule has 0 aliphatic carbocycles. The first kappa shape index (κ1) is 11.2. The Hall–Kier alpha value is -0.860. The largest absolute Gasteiger partial charge is 0.303 e. The number of nitrogens with one attached hydrogen (secondary N) is 1. The minimum atomic E-state index is -0.0556. The van der Waals surface area contributed by atoms with Gasteiger partial charge in [-0.25, -0.2) is 0 Å². The van der Waals surface area contributed by atoms with E-state index in [0.29, 0.717) is 12.2 Å². The van der Waals surface area contributed by atoms with Gasteiger partial charge in [0, 0.05) is 13.0 Å². The van der Waals surface area contributed by atoms with Crippen LogP contribution in [0.1, 0.15) is 23.6 Å². The molecule has 1 aliphatic heterocycles. The zero-order chi connectivity index (χ0) is 9.26. The minimum absolute atomic E-state index is 0. The molecular weight excluding hydrogens is 198 g/mol. The smallest absolute Gasteiger partial charge is 0.155 e. The zero-order valence-electron chi connectivity index (χ0n) is 8.12. The molecule has 1 unspecified atom stereocenters. The summed E-state index contributed by atoms with van der Waals surface area (Å²) in [7, 11) is 0. The lowest BCUT2D eigenvalue weighted by Gasteiger charge is -2.09. The number of hydrogen-bond donors (Lipinski definition) is 1. The van der Waals surface area contributed by atoms with E-state index in [0.717, 1.165) is 12.1 Å². The van der Waals surface area contributed by atoms with Crippen molar-refractivity contribution in [2.45, 2.75) is 19.4 Å². The molecule has 1 heterocycles. The summed E-state index contributed by atoms with van der Waals surface area (Å²) in [5, 5.41) is 3.20. The van der Waals surface area contributed by atoms with Gasteiger partial charge < -0.3 is 5.32 Å². The lowest BCUT2D eigenvalue weighted by Crippen LogP contribution is -2.17. The average Bonchev–Trinajstić information content (AvgIpc) is 2.51. The maximum absolute atomic E-state index is 11.4. The van der Waals surface area contributed by atoms with Crippen LogP contribution in [0.3, 0.4) is 0 Å². The van der Waals surface area contributed by atoms with Gasteiger partial charge in [-0.2, -0.15) is 0 Å². The SMILES string of the molecule is Cc1cccc(C2NCCC2=O)c1.Cl. The van der Waals surface area contributed by atoms with Crippen LogP contribution in [-0.4, -0.2) is 12.3 Å². The van der Waals surface area contributed by atoms with Crippen LogP contribution in [0.25, 0.3) is 0 Å². The Kier molecular flexibility index (Phi) is 3.67.